The summed E-state index contributed by atoms with van der Waals surface area (Å²) in [5, 5.41) is 1.28. The third kappa shape index (κ3) is 2.71. The number of hydrogen-bond donors (Lipinski definition) is 1. The predicted octanol–water partition coefficient (Wildman–Crippen LogP) is 0.928. The third-order valence-electron chi connectivity index (χ3n) is 4.47. The first-order valence-corrected chi connectivity index (χ1v) is 7.87. The summed E-state index contributed by atoms with van der Waals surface area (Å²) in [7, 11) is 2.56. The van der Waals surface area contributed by atoms with Crippen molar-refractivity contribution in [2.75, 3.05) is 14.1 Å². The largest absolute Gasteiger partial charge is 0.333 e. The van der Waals surface area contributed by atoms with Crippen molar-refractivity contribution < 1.29 is 23.6 Å². The van der Waals surface area contributed by atoms with E-state index in [0.29, 0.717) is 5.56 Å². The highest BCUT2D eigenvalue weighted by Crippen LogP contribution is 2.34. The first-order valence-electron chi connectivity index (χ1n) is 7.87. The average molecular weight is 360 g/mol. The summed E-state index contributed by atoms with van der Waals surface area (Å²) in [4.78, 5) is 50.4. The Balaban J connectivity index is 2.03. The lowest BCUT2D eigenvalue weighted by molar-refractivity contribution is -0.135. The van der Waals surface area contributed by atoms with Crippen LogP contribution >= 0.6 is 0 Å². The molecule has 26 heavy (non-hydrogen) atoms. The zero-order chi connectivity index (χ0) is 19.2. The summed E-state index contributed by atoms with van der Waals surface area (Å²) in [5.41, 5.74) is 3.51. The lowest BCUT2D eigenvalue weighted by atomic mass is 10.00. The van der Waals surface area contributed by atoms with Gasteiger partial charge in [-0.05, 0) is 17.7 Å². The van der Waals surface area contributed by atoms with Crippen LogP contribution in [-0.4, -0.2) is 52.7 Å². The molecular weight excluding hydrogens is 343 g/mol. The Kier molecular flexibility index (Phi) is 4.23. The second-order valence-corrected chi connectivity index (χ2v) is 6.14. The molecule has 1 unspecified atom stereocenters. The van der Waals surface area contributed by atoms with Gasteiger partial charge in [-0.15, -0.1) is 0 Å². The highest BCUT2D eigenvalue weighted by Gasteiger charge is 2.43. The zero-order valence-corrected chi connectivity index (χ0v) is 14.4. The minimum Gasteiger partial charge on any atom is -0.298 e. The van der Waals surface area contributed by atoms with Crippen LogP contribution in [0.3, 0.4) is 0 Å². The van der Waals surface area contributed by atoms with Crippen LogP contribution in [0.1, 0.15) is 24.9 Å². The molecule has 2 fully saturated rings. The van der Waals surface area contributed by atoms with Crippen LogP contribution in [0.15, 0.2) is 35.5 Å². The Morgan fingerprint density at radius 1 is 1.08 bits per heavy atom. The van der Waals surface area contributed by atoms with E-state index < -0.39 is 29.7 Å². The van der Waals surface area contributed by atoms with Crippen LogP contribution in [-0.2, 0) is 14.4 Å². The van der Waals surface area contributed by atoms with Gasteiger partial charge < -0.3 is 0 Å². The first-order chi connectivity index (χ1) is 12.2. The molecule has 9 heteroatoms. The Bertz CT molecular complexity index is 823. The van der Waals surface area contributed by atoms with Gasteiger partial charge in [-0.3, -0.25) is 29.6 Å². The zero-order valence-electron chi connectivity index (χ0n) is 14.4. The van der Waals surface area contributed by atoms with Gasteiger partial charge in [0.25, 0.3) is 11.8 Å². The Morgan fingerprint density at radius 3 is 2.12 bits per heavy atom. The summed E-state index contributed by atoms with van der Waals surface area (Å²) < 4.78 is 13.2. The molecule has 0 saturated carbocycles. The molecule has 0 bridgehead atoms. The van der Waals surface area contributed by atoms with E-state index >= 15 is 0 Å². The molecule has 0 aromatic heterocycles. The van der Waals surface area contributed by atoms with Gasteiger partial charge in [-0.2, -0.15) is 0 Å². The summed E-state index contributed by atoms with van der Waals surface area (Å²) in [6, 6.07) is 4.39. The lowest BCUT2D eigenvalue weighted by Gasteiger charge is -2.29. The molecule has 0 radical (unpaired) electrons. The molecular formula is C17H17FN4O4. The fourth-order valence-corrected chi connectivity index (χ4v) is 3.05. The number of hydrazine groups is 1. The highest BCUT2D eigenvalue weighted by atomic mass is 19.1. The van der Waals surface area contributed by atoms with Crippen molar-refractivity contribution >= 4 is 23.8 Å². The smallest absolute Gasteiger partial charge is 0.298 e. The number of nitrogens with one attached hydrogen (secondary N) is 1. The lowest BCUT2D eigenvalue weighted by Crippen LogP contribution is -2.54. The molecule has 1 N–H and O–H groups in total. The fraction of sp³-hybridized carbons (Fsp3) is 0.294. The van der Waals surface area contributed by atoms with Crippen molar-refractivity contribution in [3.05, 3.63) is 46.9 Å². The van der Waals surface area contributed by atoms with Gasteiger partial charge in [0.1, 0.15) is 11.4 Å². The monoisotopic (exact) mass is 360 g/mol. The molecule has 1 aromatic carbocycles. The van der Waals surface area contributed by atoms with Crippen LogP contribution < -0.4 is 5.43 Å². The molecule has 5 amide bonds. The van der Waals surface area contributed by atoms with E-state index in [1.165, 1.54) is 50.3 Å². The minimum absolute atomic E-state index is 0.161. The van der Waals surface area contributed by atoms with Gasteiger partial charge in [-0.25, -0.2) is 14.2 Å². The van der Waals surface area contributed by atoms with Crippen LogP contribution in [0.2, 0.25) is 0 Å². The number of rotatable bonds is 1. The molecule has 1 aromatic rings. The average Bonchev–Trinajstić information content (AvgIpc) is 3.04. The number of carbonyl (C=O) groups excluding carboxylic acids is 4. The second kappa shape index (κ2) is 6.25. The number of nitrogens with zero attached hydrogens (tertiary/aromatic N) is 3. The number of hydrogen-bond acceptors (Lipinski definition) is 5. The van der Waals surface area contributed by atoms with E-state index in [1.54, 1.807) is 0 Å². The van der Waals surface area contributed by atoms with Crippen LogP contribution in [0.25, 0.3) is 0 Å². The quantitative estimate of drug-likeness (QED) is 0.594. The summed E-state index contributed by atoms with van der Waals surface area (Å²) in [5.74, 6) is -2.21. The maximum atomic E-state index is 13.2. The maximum absolute atomic E-state index is 13.2. The predicted molar refractivity (Wildman–Crippen MR) is 87.4 cm³/mol. The highest BCUT2D eigenvalue weighted by molar-refractivity contribution is 6.28. The maximum Gasteiger partial charge on any atom is 0.333 e. The summed E-state index contributed by atoms with van der Waals surface area (Å²) in [6.07, 6.45) is 0.161. The van der Waals surface area contributed by atoms with Gasteiger partial charge in [0.2, 0.25) is 5.91 Å². The number of halogens is 1. The molecule has 2 aliphatic heterocycles. The van der Waals surface area contributed by atoms with Gasteiger partial charge in [0.05, 0.1) is 11.7 Å². The Morgan fingerprint density at radius 2 is 1.62 bits per heavy atom. The Hall–Kier alpha value is -3.23. The van der Waals surface area contributed by atoms with Crippen molar-refractivity contribution in [2.45, 2.75) is 19.4 Å². The third-order valence-corrected chi connectivity index (χ3v) is 4.47. The molecule has 136 valence electrons. The van der Waals surface area contributed by atoms with Gasteiger partial charge in [0, 0.05) is 27.4 Å². The van der Waals surface area contributed by atoms with E-state index in [2.05, 4.69) is 5.43 Å². The molecule has 2 saturated heterocycles. The topological polar surface area (TPSA) is 90.0 Å². The van der Waals surface area contributed by atoms with Crippen molar-refractivity contribution in [3.8, 4) is 0 Å². The van der Waals surface area contributed by atoms with E-state index in [-0.39, 0.29) is 23.6 Å². The van der Waals surface area contributed by atoms with E-state index in [1.807, 2.05) is 0 Å². The van der Waals surface area contributed by atoms with Crippen molar-refractivity contribution in [1.29, 1.82) is 0 Å². The molecule has 3 rings (SSSR count). The second-order valence-electron chi connectivity index (χ2n) is 6.14. The van der Waals surface area contributed by atoms with Crippen molar-refractivity contribution in [2.24, 2.45) is 0 Å². The molecule has 2 heterocycles. The van der Waals surface area contributed by atoms with Crippen LogP contribution in [0.4, 0.5) is 9.18 Å². The molecule has 1 atom stereocenters. The summed E-state index contributed by atoms with van der Waals surface area (Å²) in [6.45, 7) is 1.34. The number of amides is 5. The standard InChI is InChI=1S/C17H17FN4O4/c1-9(23)22-13(10-4-6-11(18)7-5-10)8-12(19-22)14-15(24)20(2)17(26)21(3)16(14)25/h4-7,13,19H,8H2,1-3H3. The molecule has 0 spiro atoms. The number of barbiturate groups is 1. The first kappa shape index (κ1) is 17.6. The number of benzene rings is 1. The molecule has 8 nitrogen and oxygen atoms in total. The van der Waals surface area contributed by atoms with Crippen molar-refractivity contribution in [3.63, 3.8) is 0 Å². The normalized spacial score (nSPS) is 20.8. The number of imide groups is 2. The van der Waals surface area contributed by atoms with Crippen LogP contribution in [0, 0.1) is 5.82 Å². The van der Waals surface area contributed by atoms with Gasteiger partial charge in [-0.1, -0.05) is 12.1 Å². The summed E-state index contributed by atoms with van der Waals surface area (Å²) >= 11 is 0. The van der Waals surface area contributed by atoms with E-state index in [0.717, 1.165) is 9.80 Å². The molecule has 0 aliphatic carbocycles. The van der Waals surface area contributed by atoms with Crippen LogP contribution in [0.5, 0.6) is 0 Å². The Labute approximate surface area is 148 Å². The number of urea groups is 1. The minimum atomic E-state index is -0.733. The van der Waals surface area contributed by atoms with Crippen molar-refractivity contribution in [1.82, 2.24) is 20.2 Å². The SMILES string of the molecule is CC(=O)N1NC(=C2C(=O)N(C)C(=O)N(C)C2=O)CC1c1ccc(F)cc1. The number of likely N-dealkylation sites (N-methyl/N-ethyl adjacent to an activating group) is 2. The molecule has 2 aliphatic rings. The van der Waals surface area contributed by atoms with Gasteiger partial charge in [0.15, 0.2) is 0 Å². The van der Waals surface area contributed by atoms with E-state index in [4.69, 9.17) is 0 Å². The fourth-order valence-electron chi connectivity index (χ4n) is 3.05. The van der Waals surface area contributed by atoms with E-state index in [9.17, 15) is 23.6 Å². The van der Waals surface area contributed by atoms with Gasteiger partial charge >= 0.3 is 6.03 Å². The number of carbonyl (C=O) groups is 4.